The first-order valence-electron chi connectivity index (χ1n) is 11.2. The van der Waals surface area contributed by atoms with Crippen LogP contribution in [0.5, 0.6) is 5.88 Å². The Labute approximate surface area is 188 Å². The molecule has 0 spiro atoms. The lowest BCUT2D eigenvalue weighted by molar-refractivity contribution is -0.183. The number of amides is 2. The SMILES string of the molecule is COc1cncc([C@@H]2CCON2C(=O)C2CCC(Cc3ccc(C)c(C(N)=O)c3)CC2)n1. The normalized spacial score (nSPS) is 23.2. The Morgan fingerprint density at radius 2 is 1.97 bits per heavy atom. The quantitative estimate of drug-likeness (QED) is 0.742. The minimum Gasteiger partial charge on any atom is -0.480 e. The van der Waals surface area contributed by atoms with Gasteiger partial charge in [0.1, 0.15) is 6.04 Å². The third kappa shape index (κ3) is 4.75. The molecule has 2 aliphatic rings. The Hall–Kier alpha value is -3.00. The van der Waals surface area contributed by atoms with Crippen LogP contribution in [0.3, 0.4) is 0 Å². The molecule has 0 radical (unpaired) electrons. The van der Waals surface area contributed by atoms with Crippen molar-refractivity contribution >= 4 is 11.8 Å². The summed E-state index contributed by atoms with van der Waals surface area (Å²) in [6.07, 6.45) is 8.39. The predicted molar refractivity (Wildman–Crippen MR) is 118 cm³/mol. The molecule has 1 atom stereocenters. The van der Waals surface area contributed by atoms with Crippen LogP contribution in [0.4, 0.5) is 0 Å². The number of carbonyl (C=O) groups is 2. The highest BCUT2D eigenvalue weighted by atomic mass is 16.7. The van der Waals surface area contributed by atoms with Gasteiger partial charge in [0.15, 0.2) is 0 Å². The van der Waals surface area contributed by atoms with Crippen LogP contribution < -0.4 is 10.5 Å². The van der Waals surface area contributed by atoms with E-state index in [1.54, 1.807) is 19.5 Å². The molecule has 170 valence electrons. The van der Waals surface area contributed by atoms with Gasteiger partial charge in [0.05, 0.1) is 31.8 Å². The first kappa shape index (κ1) is 22.2. The highest BCUT2D eigenvalue weighted by Gasteiger charge is 2.38. The summed E-state index contributed by atoms with van der Waals surface area (Å²) in [7, 11) is 1.55. The number of primary amides is 1. The molecular formula is C24H30N4O4. The number of ether oxygens (including phenoxy) is 1. The Balaban J connectivity index is 1.36. The molecule has 1 saturated carbocycles. The van der Waals surface area contributed by atoms with Crippen LogP contribution >= 0.6 is 0 Å². The maximum absolute atomic E-state index is 13.2. The van der Waals surface area contributed by atoms with Crippen LogP contribution in [0.1, 0.15) is 65.3 Å². The molecule has 1 aliphatic heterocycles. The molecule has 4 rings (SSSR count). The maximum Gasteiger partial charge on any atom is 0.249 e. The van der Waals surface area contributed by atoms with Crippen molar-refractivity contribution in [2.24, 2.45) is 17.6 Å². The monoisotopic (exact) mass is 438 g/mol. The van der Waals surface area contributed by atoms with Crippen molar-refractivity contribution in [3.8, 4) is 5.88 Å². The van der Waals surface area contributed by atoms with Gasteiger partial charge in [0.2, 0.25) is 17.7 Å². The van der Waals surface area contributed by atoms with Gasteiger partial charge in [-0.05, 0) is 62.1 Å². The second kappa shape index (κ2) is 9.65. The van der Waals surface area contributed by atoms with Crippen molar-refractivity contribution in [1.29, 1.82) is 0 Å². The van der Waals surface area contributed by atoms with Gasteiger partial charge in [-0.1, -0.05) is 12.1 Å². The lowest BCUT2D eigenvalue weighted by atomic mass is 9.78. The second-order valence-corrected chi connectivity index (χ2v) is 8.72. The summed E-state index contributed by atoms with van der Waals surface area (Å²) in [6.45, 7) is 2.38. The van der Waals surface area contributed by atoms with Crippen LogP contribution in [0, 0.1) is 18.8 Å². The molecule has 32 heavy (non-hydrogen) atoms. The fourth-order valence-electron chi connectivity index (χ4n) is 4.76. The van der Waals surface area contributed by atoms with Gasteiger partial charge in [-0.25, -0.2) is 10.0 Å². The highest BCUT2D eigenvalue weighted by molar-refractivity contribution is 5.94. The molecular weight excluding hydrogens is 408 g/mol. The average Bonchev–Trinajstić information content (AvgIpc) is 3.30. The highest BCUT2D eigenvalue weighted by Crippen LogP contribution is 2.36. The van der Waals surface area contributed by atoms with Gasteiger partial charge in [-0.15, -0.1) is 0 Å². The second-order valence-electron chi connectivity index (χ2n) is 8.72. The molecule has 0 unspecified atom stereocenters. The van der Waals surface area contributed by atoms with Gasteiger partial charge in [-0.3, -0.25) is 19.4 Å². The van der Waals surface area contributed by atoms with Crippen molar-refractivity contribution in [2.75, 3.05) is 13.7 Å². The number of nitrogens with two attached hydrogens (primary N) is 1. The van der Waals surface area contributed by atoms with E-state index in [1.807, 2.05) is 19.1 Å². The summed E-state index contributed by atoms with van der Waals surface area (Å²) in [6, 6.07) is 5.70. The maximum atomic E-state index is 13.2. The molecule has 1 aromatic carbocycles. The van der Waals surface area contributed by atoms with Crippen LogP contribution in [0.2, 0.25) is 0 Å². The fraction of sp³-hybridized carbons (Fsp3) is 0.500. The molecule has 2 heterocycles. The molecule has 8 heteroatoms. The van der Waals surface area contributed by atoms with Gasteiger partial charge in [0.25, 0.3) is 0 Å². The van der Waals surface area contributed by atoms with Gasteiger partial charge in [-0.2, -0.15) is 0 Å². The molecule has 1 aliphatic carbocycles. The number of aromatic nitrogens is 2. The third-order valence-electron chi connectivity index (χ3n) is 6.59. The summed E-state index contributed by atoms with van der Waals surface area (Å²) in [5.74, 6) is 0.506. The summed E-state index contributed by atoms with van der Waals surface area (Å²) in [5, 5.41) is 1.51. The molecule has 2 N–H and O–H groups in total. The number of hydrogen-bond acceptors (Lipinski definition) is 6. The molecule has 1 aromatic heterocycles. The Morgan fingerprint density at radius 1 is 1.19 bits per heavy atom. The van der Waals surface area contributed by atoms with Gasteiger partial charge >= 0.3 is 0 Å². The Kier molecular flexibility index (Phi) is 6.69. The van der Waals surface area contributed by atoms with Crippen LogP contribution in [0.15, 0.2) is 30.6 Å². The fourth-order valence-corrected chi connectivity index (χ4v) is 4.76. The van der Waals surface area contributed by atoms with E-state index >= 15 is 0 Å². The van der Waals surface area contributed by atoms with Crippen molar-refractivity contribution in [3.63, 3.8) is 0 Å². The third-order valence-corrected chi connectivity index (χ3v) is 6.59. The number of carbonyl (C=O) groups excluding carboxylic acids is 2. The zero-order valence-electron chi connectivity index (χ0n) is 18.6. The summed E-state index contributed by atoms with van der Waals surface area (Å²) < 4.78 is 5.17. The van der Waals surface area contributed by atoms with Crippen molar-refractivity contribution in [2.45, 2.75) is 51.5 Å². The minimum atomic E-state index is -0.389. The van der Waals surface area contributed by atoms with E-state index < -0.39 is 0 Å². The van der Waals surface area contributed by atoms with Crippen LogP contribution in [-0.4, -0.2) is 40.6 Å². The molecule has 8 nitrogen and oxygen atoms in total. The Morgan fingerprint density at radius 3 is 2.69 bits per heavy atom. The molecule has 1 saturated heterocycles. The average molecular weight is 439 g/mol. The van der Waals surface area contributed by atoms with Crippen molar-refractivity contribution in [3.05, 3.63) is 53.0 Å². The van der Waals surface area contributed by atoms with E-state index in [4.69, 9.17) is 15.3 Å². The van der Waals surface area contributed by atoms with Crippen molar-refractivity contribution < 1.29 is 19.2 Å². The standard InChI is InChI=1S/C24H30N4O4/c1-15-3-4-17(12-19(15)23(25)29)11-16-5-7-18(8-6-16)24(30)28-21(9-10-32-28)20-13-26-14-22(27-20)31-2/h3-4,12-14,16,18,21H,5-11H2,1-2H3,(H2,25,29)/t16?,18?,21-/m0/s1. The van der Waals surface area contributed by atoms with Gasteiger partial charge in [0, 0.05) is 17.9 Å². The van der Waals surface area contributed by atoms with Crippen LogP contribution in [0.25, 0.3) is 0 Å². The molecule has 2 fully saturated rings. The van der Waals surface area contributed by atoms with Crippen molar-refractivity contribution in [1.82, 2.24) is 15.0 Å². The topological polar surface area (TPSA) is 108 Å². The van der Waals surface area contributed by atoms with E-state index in [1.165, 1.54) is 5.06 Å². The lowest BCUT2D eigenvalue weighted by Crippen LogP contribution is -2.37. The first-order valence-corrected chi connectivity index (χ1v) is 11.2. The number of nitrogens with zero attached hydrogens (tertiary/aromatic N) is 3. The van der Waals surface area contributed by atoms with Crippen LogP contribution in [-0.2, 0) is 16.1 Å². The predicted octanol–water partition coefficient (Wildman–Crippen LogP) is 3.15. The summed E-state index contributed by atoms with van der Waals surface area (Å²) >= 11 is 0. The molecule has 2 aromatic rings. The number of aryl methyl sites for hydroxylation is 1. The zero-order valence-corrected chi connectivity index (χ0v) is 18.6. The van der Waals surface area contributed by atoms with E-state index in [2.05, 4.69) is 16.0 Å². The first-order chi connectivity index (χ1) is 15.5. The number of hydroxylamine groups is 2. The zero-order chi connectivity index (χ0) is 22.7. The van der Waals surface area contributed by atoms with Gasteiger partial charge < -0.3 is 10.5 Å². The number of methoxy groups -OCH3 is 1. The number of rotatable bonds is 6. The Bertz CT molecular complexity index is 988. The molecule has 2 amide bonds. The van der Waals surface area contributed by atoms with E-state index in [9.17, 15) is 9.59 Å². The number of benzene rings is 1. The van der Waals surface area contributed by atoms with E-state index in [0.29, 0.717) is 36.1 Å². The largest absolute Gasteiger partial charge is 0.480 e. The molecule has 0 bridgehead atoms. The summed E-state index contributed by atoms with van der Waals surface area (Å²) in [4.78, 5) is 39.2. The minimum absolute atomic E-state index is 0.0296. The number of hydrogen-bond donors (Lipinski definition) is 1. The van der Waals surface area contributed by atoms with E-state index in [-0.39, 0.29) is 23.8 Å². The summed E-state index contributed by atoms with van der Waals surface area (Å²) in [5.41, 5.74) is 8.79. The lowest BCUT2D eigenvalue weighted by Gasteiger charge is -2.31. The van der Waals surface area contributed by atoms with E-state index in [0.717, 1.165) is 43.2 Å². The smallest absolute Gasteiger partial charge is 0.249 e.